The molecule has 1 aliphatic heterocycles. The Morgan fingerprint density at radius 2 is 1.81 bits per heavy atom. The molecule has 2 heterocycles. The Bertz CT molecular complexity index is 1360. The zero-order valence-electron chi connectivity index (χ0n) is 22.0. The summed E-state index contributed by atoms with van der Waals surface area (Å²) in [6, 6.07) is 14.9. The van der Waals surface area contributed by atoms with Gasteiger partial charge in [0.2, 0.25) is 21.9 Å². The molecule has 1 aliphatic rings. The molecule has 0 aliphatic carbocycles. The number of aromatic nitrogens is 2. The van der Waals surface area contributed by atoms with Gasteiger partial charge in [-0.2, -0.15) is 0 Å². The van der Waals surface area contributed by atoms with E-state index in [2.05, 4.69) is 46.0 Å². The van der Waals surface area contributed by atoms with Crippen LogP contribution in [0.15, 0.2) is 53.4 Å². The van der Waals surface area contributed by atoms with Crippen LogP contribution in [0, 0.1) is 6.92 Å². The Balaban J connectivity index is 1.58. The molecule has 0 saturated carbocycles. The topological polar surface area (TPSA) is 116 Å². The van der Waals surface area contributed by atoms with E-state index in [9.17, 15) is 13.2 Å². The number of hydrogen-bond donors (Lipinski definition) is 3. The van der Waals surface area contributed by atoms with Crippen molar-refractivity contribution in [1.29, 1.82) is 0 Å². The minimum absolute atomic E-state index is 0.00613. The van der Waals surface area contributed by atoms with Gasteiger partial charge in [-0.3, -0.25) is 4.79 Å². The van der Waals surface area contributed by atoms with E-state index in [-0.39, 0.29) is 28.1 Å². The smallest absolute Gasteiger partial charge is 0.244 e. The molecule has 9 nitrogen and oxygen atoms in total. The van der Waals surface area contributed by atoms with Crippen molar-refractivity contribution < 1.29 is 17.9 Å². The molecule has 198 valence electrons. The monoisotopic (exact) mass is 525 g/mol. The maximum absolute atomic E-state index is 13.4. The summed E-state index contributed by atoms with van der Waals surface area (Å²) >= 11 is 0. The van der Waals surface area contributed by atoms with Crippen LogP contribution in [0.4, 0.5) is 5.95 Å². The highest BCUT2D eigenvalue weighted by molar-refractivity contribution is 7.89. The van der Waals surface area contributed by atoms with Gasteiger partial charge in [-0.05, 0) is 57.4 Å². The summed E-state index contributed by atoms with van der Waals surface area (Å²) in [4.78, 5) is 21.4. The number of carbonyl (C=O) groups is 1. The zero-order chi connectivity index (χ0) is 26.8. The van der Waals surface area contributed by atoms with Gasteiger partial charge in [-0.25, -0.2) is 18.1 Å². The molecule has 3 N–H and O–H groups in total. The fraction of sp³-hybridized carbons (Fsp3) is 0.407. The van der Waals surface area contributed by atoms with Gasteiger partial charge in [0.05, 0.1) is 24.0 Å². The van der Waals surface area contributed by atoms with Crippen LogP contribution in [0.1, 0.15) is 44.9 Å². The van der Waals surface area contributed by atoms with Crippen LogP contribution in [0.3, 0.4) is 0 Å². The number of sulfonamides is 1. The third-order valence-corrected chi connectivity index (χ3v) is 8.36. The number of aromatic amines is 1. The Morgan fingerprint density at radius 1 is 1.14 bits per heavy atom. The number of aryl methyl sites for hydroxylation is 1. The lowest BCUT2D eigenvalue weighted by Gasteiger charge is -2.31. The Hall–Kier alpha value is -3.37. The highest BCUT2D eigenvalue weighted by Gasteiger charge is 2.28. The van der Waals surface area contributed by atoms with Crippen LogP contribution in [0.5, 0.6) is 5.75 Å². The summed E-state index contributed by atoms with van der Waals surface area (Å²) in [5.41, 5.74) is 2.88. The van der Waals surface area contributed by atoms with Gasteiger partial charge in [0, 0.05) is 31.6 Å². The first-order chi connectivity index (χ1) is 17.5. The molecule has 3 aromatic rings. The maximum Gasteiger partial charge on any atom is 0.244 e. The molecular formula is C27H35N5O4S. The minimum atomic E-state index is -3.87. The summed E-state index contributed by atoms with van der Waals surface area (Å²) in [5, 5.41) is 3.45. The van der Waals surface area contributed by atoms with Crippen molar-refractivity contribution in [1.82, 2.24) is 19.6 Å². The van der Waals surface area contributed by atoms with Gasteiger partial charge >= 0.3 is 0 Å². The molecule has 4 rings (SSSR count). The molecule has 10 heteroatoms. The fourth-order valence-corrected chi connectivity index (χ4v) is 6.16. The predicted molar refractivity (Wildman–Crippen MR) is 144 cm³/mol. The first-order valence-corrected chi connectivity index (χ1v) is 13.8. The molecule has 1 fully saturated rings. The van der Waals surface area contributed by atoms with Gasteiger partial charge in [-0.1, -0.05) is 30.3 Å². The first-order valence-electron chi connectivity index (χ1n) is 12.4. The number of benzene rings is 2. The van der Waals surface area contributed by atoms with Crippen LogP contribution >= 0.6 is 0 Å². The highest BCUT2D eigenvalue weighted by atomic mass is 32.2. The van der Waals surface area contributed by atoms with Crippen molar-refractivity contribution in [2.75, 3.05) is 25.5 Å². The van der Waals surface area contributed by atoms with Crippen LogP contribution < -0.4 is 14.8 Å². The molecule has 0 bridgehead atoms. The number of rotatable bonds is 8. The summed E-state index contributed by atoms with van der Waals surface area (Å²) in [6.07, 6.45) is 1.12. The van der Waals surface area contributed by atoms with Crippen molar-refractivity contribution in [3.8, 4) is 17.0 Å². The van der Waals surface area contributed by atoms with E-state index >= 15 is 0 Å². The van der Waals surface area contributed by atoms with Crippen LogP contribution in [-0.2, 0) is 20.4 Å². The van der Waals surface area contributed by atoms with Crippen LogP contribution in [0.25, 0.3) is 11.3 Å². The van der Waals surface area contributed by atoms with Gasteiger partial charge in [0.25, 0.3) is 0 Å². The van der Waals surface area contributed by atoms with Crippen LogP contribution in [0.2, 0.25) is 0 Å². The number of H-pyrrole nitrogens is 1. The molecule has 0 unspecified atom stereocenters. The molecule has 0 atom stereocenters. The molecule has 0 spiro atoms. The standard InChI is InChI=1S/C27H35N5O4S/c1-18-25(29-26(28-18)30-27(3,4)21-9-7-6-8-10-21)20-11-12-23(36-5)24(17-20)37(34,35)31-22-13-15-32(16-14-22)19(2)33/h6-12,17,22,31H,13-16H2,1-5H3,(H2,28,29,30). The number of methoxy groups -OCH3 is 1. The average molecular weight is 526 g/mol. The lowest BCUT2D eigenvalue weighted by atomic mass is 9.95. The van der Waals surface area contributed by atoms with E-state index in [0.717, 1.165) is 17.0 Å². The lowest BCUT2D eigenvalue weighted by molar-refractivity contribution is -0.129. The summed E-state index contributed by atoms with van der Waals surface area (Å²) in [5.74, 6) is 0.863. The zero-order valence-corrected chi connectivity index (χ0v) is 22.8. The van der Waals surface area contributed by atoms with Gasteiger partial charge in [0.1, 0.15) is 10.6 Å². The highest BCUT2D eigenvalue weighted by Crippen LogP contribution is 2.33. The van der Waals surface area contributed by atoms with E-state index in [1.54, 1.807) is 17.0 Å². The third kappa shape index (κ3) is 5.97. The molecule has 1 aromatic heterocycles. The number of ether oxygens (including phenoxy) is 1. The number of carbonyl (C=O) groups excluding carboxylic acids is 1. The second-order valence-electron chi connectivity index (χ2n) is 9.93. The van der Waals surface area contributed by atoms with Crippen molar-refractivity contribution in [2.45, 2.75) is 57.0 Å². The molecule has 0 radical (unpaired) electrons. The summed E-state index contributed by atoms with van der Waals surface area (Å²) in [6.45, 7) is 8.62. The normalized spacial score (nSPS) is 15.0. The average Bonchev–Trinajstić information content (AvgIpc) is 3.23. The maximum atomic E-state index is 13.4. The Kier molecular flexibility index (Phi) is 7.61. The first kappa shape index (κ1) is 26.7. The van der Waals surface area contributed by atoms with E-state index in [1.165, 1.54) is 14.0 Å². The van der Waals surface area contributed by atoms with Crippen LogP contribution in [-0.4, -0.2) is 55.4 Å². The summed E-state index contributed by atoms with van der Waals surface area (Å²) in [7, 11) is -2.42. The van der Waals surface area contributed by atoms with Crippen molar-refractivity contribution in [3.05, 3.63) is 59.8 Å². The third-order valence-electron chi connectivity index (χ3n) is 6.82. The number of imidazole rings is 1. The van der Waals surface area contributed by atoms with Crippen molar-refractivity contribution >= 4 is 21.9 Å². The SMILES string of the molecule is COc1ccc(-c2[nH]c(NC(C)(C)c3ccccc3)nc2C)cc1S(=O)(=O)NC1CCN(C(C)=O)CC1. The molecule has 1 saturated heterocycles. The number of anilines is 1. The second-order valence-corrected chi connectivity index (χ2v) is 11.6. The van der Waals surface area contributed by atoms with E-state index < -0.39 is 10.0 Å². The Morgan fingerprint density at radius 3 is 2.43 bits per heavy atom. The largest absolute Gasteiger partial charge is 0.495 e. The summed E-state index contributed by atoms with van der Waals surface area (Å²) < 4.78 is 35.0. The second kappa shape index (κ2) is 10.5. The number of hydrogen-bond acceptors (Lipinski definition) is 6. The molecular weight excluding hydrogens is 490 g/mol. The minimum Gasteiger partial charge on any atom is -0.495 e. The number of amides is 1. The Labute approximate surface area is 218 Å². The van der Waals surface area contributed by atoms with E-state index in [0.29, 0.717) is 37.4 Å². The number of likely N-dealkylation sites (tertiary alicyclic amines) is 1. The van der Waals surface area contributed by atoms with E-state index in [4.69, 9.17) is 4.74 Å². The lowest BCUT2D eigenvalue weighted by Crippen LogP contribution is -2.45. The van der Waals surface area contributed by atoms with Gasteiger partial charge in [0.15, 0.2) is 0 Å². The molecule has 37 heavy (non-hydrogen) atoms. The predicted octanol–water partition coefficient (Wildman–Crippen LogP) is 4.03. The number of nitrogens with zero attached hydrogens (tertiary/aromatic N) is 2. The van der Waals surface area contributed by atoms with Crippen molar-refractivity contribution in [3.63, 3.8) is 0 Å². The van der Waals surface area contributed by atoms with E-state index in [1.807, 2.05) is 31.2 Å². The molecule has 2 aromatic carbocycles. The molecule has 1 amide bonds. The fourth-order valence-electron chi connectivity index (χ4n) is 4.66. The number of piperidine rings is 1. The number of nitrogens with one attached hydrogen (secondary N) is 3. The van der Waals surface area contributed by atoms with Gasteiger partial charge in [-0.15, -0.1) is 0 Å². The quantitative estimate of drug-likeness (QED) is 0.409. The van der Waals surface area contributed by atoms with Crippen molar-refractivity contribution in [2.24, 2.45) is 0 Å². The van der Waals surface area contributed by atoms with Gasteiger partial charge < -0.3 is 19.9 Å².